The number of pyridine rings is 2. The number of amides is 1. The molecule has 1 unspecified atom stereocenters. The first-order valence-corrected chi connectivity index (χ1v) is 10.1. The molecule has 1 amide bonds. The minimum atomic E-state index is -0.0639. The maximum Gasteiger partial charge on any atom is 0.231 e. The molecule has 1 atom stereocenters. The fraction of sp³-hybridized carbons (Fsp3) is 0.381. The lowest BCUT2D eigenvalue weighted by molar-refractivity contribution is -0.134. The number of piperazine rings is 1. The molecule has 144 valence electrons. The highest BCUT2D eigenvalue weighted by Crippen LogP contribution is 2.32. The Morgan fingerprint density at radius 3 is 2.86 bits per heavy atom. The van der Waals surface area contributed by atoms with Gasteiger partial charge < -0.3 is 9.30 Å². The molecule has 0 saturated carbocycles. The van der Waals surface area contributed by atoms with Gasteiger partial charge in [-0.15, -0.1) is 0 Å². The first-order chi connectivity index (χ1) is 13.7. The van der Waals surface area contributed by atoms with Gasteiger partial charge in [-0.05, 0) is 36.6 Å². The Morgan fingerprint density at radius 2 is 2.00 bits per heavy atom. The van der Waals surface area contributed by atoms with E-state index >= 15 is 0 Å². The number of halogens is 1. The number of carbonyl (C=O) groups is 1. The lowest BCUT2D eigenvalue weighted by Crippen LogP contribution is -2.49. The van der Waals surface area contributed by atoms with Crippen molar-refractivity contribution in [1.82, 2.24) is 24.2 Å². The number of aromatic nitrogens is 3. The van der Waals surface area contributed by atoms with Crippen molar-refractivity contribution in [3.8, 4) is 0 Å². The Bertz CT molecular complexity index is 1020. The van der Waals surface area contributed by atoms with E-state index in [9.17, 15) is 4.79 Å². The molecule has 3 aromatic heterocycles. The van der Waals surface area contributed by atoms with Gasteiger partial charge in [-0.1, -0.05) is 17.7 Å². The van der Waals surface area contributed by atoms with Crippen molar-refractivity contribution in [3.05, 3.63) is 64.8 Å². The standard InChI is InChI=1S/C21H22ClN5O/c22-16-4-6-19-24-17(14-27(19)12-16)13-25-8-10-26(11-9-25)21(28)18-5-3-15-2-1-7-23-20(15)18/h1-2,4,6-7,12,14,18H,3,5,8-11,13H2. The van der Waals surface area contributed by atoms with E-state index in [4.69, 9.17) is 11.6 Å². The summed E-state index contributed by atoms with van der Waals surface area (Å²) >= 11 is 6.05. The quantitative estimate of drug-likeness (QED) is 0.684. The highest BCUT2D eigenvalue weighted by Gasteiger charge is 2.34. The molecule has 7 heteroatoms. The predicted molar refractivity (Wildman–Crippen MR) is 107 cm³/mol. The zero-order valence-corrected chi connectivity index (χ0v) is 16.3. The molecule has 3 aromatic rings. The van der Waals surface area contributed by atoms with Crippen molar-refractivity contribution in [3.63, 3.8) is 0 Å². The van der Waals surface area contributed by atoms with Crippen molar-refractivity contribution in [2.75, 3.05) is 26.2 Å². The predicted octanol–water partition coefficient (Wildman–Crippen LogP) is 2.76. The van der Waals surface area contributed by atoms with Crippen LogP contribution in [0.25, 0.3) is 5.65 Å². The summed E-state index contributed by atoms with van der Waals surface area (Å²) in [7, 11) is 0. The van der Waals surface area contributed by atoms with Crippen molar-refractivity contribution in [2.24, 2.45) is 0 Å². The van der Waals surface area contributed by atoms with E-state index in [1.54, 1.807) is 6.20 Å². The van der Waals surface area contributed by atoms with Crippen LogP contribution in [0.15, 0.2) is 42.9 Å². The smallest absolute Gasteiger partial charge is 0.231 e. The van der Waals surface area contributed by atoms with Crippen molar-refractivity contribution in [1.29, 1.82) is 0 Å². The van der Waals surface area contributed by atoms with E-state index in [1.165, 1.54) is 5.56 Å². The summed E-state index contributed by atoms with van der Waals surface area (Å²) < 4.78 is 1.96. The second-order valence-corrected chi connectivity index (χ2v) is 8.02. The normalized spacial score (nSPS) is 19.9. The van der Waals surface area contributed by atoms with Crippen LogP contribution in [0.3, 0.4) is 0 Å². The van der Waals surface area contributed by atoms with Crippen LogP contribution in [0, 0.1) is 0 Å². The SMILES string of the molecule is O=C(C1CCc2cccnc21)N1CCN(Cc2cn3cc(Cl)ccc3n2)CC1. The molecule has 1 aliphatic carbocycles. The van der Waals surface area contributed by atoms with E-state index < -0.39 is 0 Å². The van der Waals surface area contributed by atoms with Gasteiger partial charge in [-0.2, -0.15) is 0 Å². The molecular formula is C21H22ClN5O. The molecule has 0 radical (unpaired) electrons. The molecule has 28 heavy (non-hydrogen) atoms. The van der Waals surface area contributed by atoms with Gasteiger partial charge in [0.15, 0.2) is 0 Å². The van der Waals surface area contributed by atoms with E-state index in [1.807, 2.05) is 39.9 Å². The molecule has 4 heterocycles. The summed E-state index contributed by atoms with van der Waals surface area (Å²) in [4.78, 5) is 26.5. The molecule has 0 N–H and O–H groups in total. The average molecular weight is 396 g/mol. The number of nitrogens with zero attached hydrogens (tertiary/aromatic N) is 5. The molecule has 1 saturated heterocycles. The molecular weight excluding hydrogens is 374 g/mol. The fourth-order valence-electron chi connectivity index (χ4n) is 4.32. The van der Waals surface area contributed by atoms with Crippen LogP contribution in [0.5, 0.6) is 0 Å². The summed E-state index contributed by atoms with van der Waals surface area (Å²) in [6.07, 6.45) is 7.54. The van der Waals surface area contributed by atoms with Crippen LogP contribution in [0.2, 0.25) is 5.02 Å². The Kier molecular flexibility index (Phi) is 4.53. The third-order valence-corrected chi connectivity index (χ3v) is 6.01. The van der Waals surface area contributed by atoms with Gasteiger partial charge in [0, 0.05) is 51.3 Å². The van der Waals surface area contributed by atoms with Gasteiger partial charge in [0.25, 0.3) is 0 Å². The van der Waals surface area contributed by atoms with Crippen LogP contribution < -0.4 is 0 Å². The zero-order chi connectivity index (χ0) is 19.1. The second kappa shape index (κ2) is 7.18. The number of rotatable bonds is 3. The fourth-order valence-corrected chi connectivity index (χ4v) is 4.49. The maximum atomic E-state index is 13.0. The average Bonchev–Trinajstić information content (AvgIpc) is 3.31. The molecule has 6 nitrogen and oxygen atoms in total. The number of fused-ring (bicyclic) bond motifs is 2. The summed E-state index contributed by atoms with van der Waals surface area (Å²) in [5.74, 6) is 0.172. The number of aryl methyl sites for hydroxylation is 1. The first kappa shape index (κ1) is 17.6. The number of hydrogen-bond donors (Lipinski definition) is 0. The third kappa shape index (κ3) is 3.27. The van der Waals surface area contributed by atoms with E-state index in [0.29, 0.717) is 5.02 Å². The molecule has 1 aliphatic heterocycles. The van der Waals surface area contributed by atoms with E-state index in [-0.39, 0.29) is 11.8 Å². The molecule has 0 bridgehead atoms. The van der Waals surface area contributed by atoms with Gasteiger partial charge in [0.2, 0.25) is 5.91 Å². The number of hydrogen-bond acceptors (Lipinski definition) is 4. The summed E-state index contributed by atoms with van der Waals surface area (Å²) in [6.45, 7) is 4.03. The Labute approximate surface area is 168 Å². The van der Waals surface area contributed by atoms with Crippen molar-refractivity contribution in [2.45, 2.75) is 25.3 Å². The van der Waals surface area contributed by atoms with Crippen LogP contribution in [0.1, 0.15) is 29.3 Å². The van der Waals surface area contributed by atoms with Crippen molar-refractivity contribution < 1.29 is 4.79 Å². The number of carbonyl (C=O) groups excluding carboxylic acids is 1. The zero-order valence-electron chi connectivity index (χ0n) is 15.6. The Hall–Kier alpha value is -2.44. The minimum absolute atomic E-state index is 0.0639. The van der Waals surface area contributed by atoms with Gasteiger partial charge in [0.05, 0.1) is 22.3 Å². The maximum absolute atomic E-state index is 13.0. The molecule has 5 rings (SSSR count). The summed E-state index contributed by atoms with van der Waals surface area (Å²) in [6, 6.07) is 7.83. The Morgan fingerprint density at radius 1 is 1.14 bits per heavy atom. The van der Waals surface area contributed by atoms with Crippen LogP contribution in [-0.4, -0.2) is 56.3 Å². The van der Waals surface area contributed by atoms with E-state index in [2.05, 4.69) is 20.9 Å². The van der Waals surface area contributed by atoms with E-state index in [0.717, 1.165) is 62.6 Å². The molecule has 0 aromatic carbocycles. The van der Waals surface area contributed by atoms with Gasteiger partial charge in [0.1, 0.15) is 5.65 Å². The number of imidazole rings is 1. The largest absolute Gasteiger partial charge is 0.340 e. The molecule has 1 fully saturated rings. The monoisotopic (exact) mass is 395 g/mol. The Balaban J connectivity index is 1.21. The molecule has 2 aliphatic rings. The van der Waals surface area contributed by atoms with Crippen LogP contribution in [0.4, 0.5) is 0 Å². The van der Waals surface area contributed by atoms with Gasteiger partial charge in [-0.25, -0.2) is 4.98 Å². The minimum Gasteiger partial charge on any atom is -0.340 e. The third-order valence-electron chi connectivity index (χ3n) is 5.79. The highest BCUT2D eigenvalue weighted by atomic mass is 35.5. The first-order valence-electron chi connectivity index (χ1n) is 9.75. The van der Waals surface area contributed by atoms with Crippen molar-refractivity contribution >= 4 is 23.2 Å². The topological polar surface area (TPSA) is 53.7 Å². The summed E-state index contributed by atoms with van der Waals surface area (Å²) in [5.41, 5.74) is 4.14. The van der Waals surface area contributed by atoms with Crippen LogP contribution >= 0.6 is 11.6 Å². The van der Waals surface area contributed by atoms with Gasteiger partial charge in [-0.3, -0.25) is 14.7 Å². The highest BCUT2D eigenvalue weighted by molar-refractivity contribution is 6.30. The molecule has 0 spiro atoms. The van der Waals surface area contributed by atoms with Crippen LogP contribution in [-0.2, 0) is 17.8 Å². The van der Waals surface area contributed by atoms with Gasteiger partial charge >= 0.3 is 0 Å². The second-order valence-electron chi connectivity index (χ2n) is 7.59. The lowest BCUT2D eigenvalue weighted by Gasteiger charge is -2.35. The summed E-state index contributed by atoms with van der Waals surface area (Å²) in [5, 5.41) is 0.701. The lowest BCUT2D eigenvalue weighted by atomic mass is 10.0.